The molecule has 0 fully saturated rings. The van der Waals surface area contributed by atoms with Crippen molar-refractivity contribution >= 4 is 162 Å². The first-order valence-corrected chi connectivity index (χ1v) is 22.3. The largest absolute Gasteiger partial charge is 0.375 e. The average Bonchev–Trinajstić information content (AvgIpc) is 4.03. The van der Waals surface area contributed by atoms with Gasteiger partial charge in [0, 0.05) is 110 Å². The van der Waals surface area contributed by atoms with E-state index in [2.05, 4.69) is 173 Å². The van der Waals surface area contributed by atoms with Crippen LogP contribution in [0.5, 0.6) is 0 Å². The summed E-state index contributed by atoms with van der Waals surface area (Å²) < 4.78 is 10.7. The Hall–Kier alpha value is -6.44. The normalized spacial score (nSPS) is 13.4. The van der Waals surface area contributed by atoms with Crippen LogP contribution in [0.15, 0.2) is 164 Å². The van der Waals surface area contributed by atoms with Crippen LogP contribution in [0.4, 0.5) is 17.1 Å². The Morgan fingerprint density at radius 2 is 1.03 bits per heavy atom. The lowest BCUT2D eigenvalue weighted by Gasteiger charge is -2.41. The van der Waals surface area contributed by atoms with Crippen molar-refractivity contribution in [3.63, 3.8) is 0 Å². The molecular formula is C52H27BN2S3. The van der Waals surface area contributed by atoms with Crippen LogP contribution in [0, 0.1) is 0 Å². The molecule has 0 spiro atoms. The summed E-state index contributed by atoms with van der Waals surface area (Å²) in [6.07, 6.45) is 0. The number of thiophene rings is 3. The molecule has 6 heteroatoms. The van der Waals surface area contributed by atoms with Gasteiger partial charge in [0.25, 0.3) is 0 Å². The molecule has 58 heavy (non-hydrogen) atoms. The van der Waals surface area contributed by atoms with Gasteiger partial charge in [-0.25, -0.2) is 0 Å². The maximum atomic E-state index is 2.75. The van der Waals surface area contributed by atoms with Crippen molar-refractivity contribution in [2.45, 2.75) is 0 Å². The molecule has 0 unspecified atom stereocenters. The Morgan fingerprint density at radius 1 is 0.397 bits per heavy atom. The molecule has 6 heterocycles. The highest BCUT2D eigenvalue weighted by Crippen LogP contribution is 2.52. The molecule has 0 N–H and O–H groups in total. The van der Waals surface area contributed by atoms with Gasteiger partial charge in [-0.05, 0) is 76.5 Å². The van der Waals surface area contributed by atoms with Gasteiger partial charge in [-0.15, -0.1) is 34.0 Å². The minimum Gasteiger partial charge on any atom is -0.375 e. The number of fused-ring (bicyclic) bond motifs is 19. The number of nitrogens with zero attached hydrogens (tertiary/aromatic N) is 2. The highest BCUT2D eigenvalue weighted by molar-refractivity contribution is 7.27. The molecule has 2 aliphatic heterocycles. The minimum atomic E-state index is -0.0414. The van der Waals surface area contributed by atoms with Gasteiger partial charge in [0.2, 0.25) is 0 Å². The van der Waals surface area contributed by atoms with Gasteiger partial charge in [0.1, 0.15) is 0 Å². The summed E-state index contributed by atoms with van der Waals surface area (Å²) in [5.74, 6) is 0. The predicted molar refractivity (Wildman–Crippen MR) is 256 cm³/mol. The van der Waals surface area contributed by atoms with E-state index in [4.69, 9.17) is 0 Å². The van der Waals surface area contributed by atoms with E-state index in [0.29, 0.717) is 0 Å². The fourth-order valence-corrected chi connectivity index (χ4v) is 14.2. The molecule has 13 aromatic rings. The second-order valence-electron chi connectivity index (χ2n) is 15.9. The number of hydrogen-bond donors (Lipinski definition) is 0. The van der Waals surface area contributed by atoms with E-state index in [9.17, 15) is 0 Å². The molecule has 0 saturated heterocycles. The van der Waals surface area contributed by atoms with Crippen LogP contribution in [0.25, 0.3) is 104 Å². The zero-order valence-corrected chi connectivity index (χ0v) is 33.2. The Kier molecular flexibility index (Phi) is 5.68. The van der Waals surface area contributed by atoms with Crippen LogP contribution < -0.4 is 15.8 Å². The topological polar surface area (TPSA) is 8.17 Å². The summed E-state index contributed by atoms with van der Waals surface area (Å²) in [5.41, 5.74) is 11.8. The van der Waals surface area contributed by atoms with Crippen LogP contribution in [0.2, 0.25) is 0 Å². The Labute approximate surface area is 344 Å². The number of aromatic nitrogens is 1. The van der Waals surface area contributed by atoms with Gasteiger partial charge in [-0.3, -0.25) is 0 Å². The molecule has 4 aromatic heterocycles. The maximum Gasteiger partial charge on any atom is 0.333 e. The van der Waals surface area contributed by atoms with Crippen molar-refractivity contribution in [1.82, 2.24) is 4.48 Å². The van der Waals surface area contributed by atoms with Crippen LogP contribution in [0.1, 0.15) is 0 Å². The average molecular weight is 787 g/mol. The monoisotopic (exact) mass is 786 g/mol. The standard InChI is InChI=1S/C52H27BN2S3/c1-2-11-30-28(10-1)20-22-34-33-15-9-16-36-49-48-35-14-5-8-19-44(35)58-47(48)27-41-50(49)53(55(51(30)34)52(33)36)39-26-46-38(32-13-4-7-18-43(32)57-46)25-40(39)54(41)29-21-23-45-37(24-29)31-12-3-6-17-42(31)56-45/h1-27H. The van der Waals surface area contributed by atoms with Crippen LogP contribution >= 0.6 is 34.0 Å². The fraction of sp³-hybridized carbons (Fsp3) is 0. The van der Waals surface area contributed by atoms with E-state index >= 15 is 0 Å². The summed E-state index contributed by atoms with van der Waals surface area (Å²) in [6.45, 7) is -0.0414. The smallest absolute Gasteiger partial charge is 0.333 e. The van der Waals surface area contributed by atoms with Gasteiger partial charge in [0.05, 0.1) is 0 Å². The molecule has 0 aliphatic carbocycles. The zero-order chi connectivity index (χ0) is 37.4. The molecule has 2 aliphatic rings. The molecule has 0 radical (unpaired) electrons. The molecule has 0 saturated carbocycles. The number of para-hydroxylation sites is 1. The van der Waals surface area contributed by atoms with E-state index in [1.54, 1.807) is 0 Å². The van der Waals surface area contributed by atoms with Gasteiger partial charge < -0.3 is 9.38 Å². The van der Waals surface area contributed by atoms with Crippen molar-refractivity contribution in [2.75, 3.05) is 4.90 Å². The lowest BCUT2D eigenvalue weighted by molar-refractivity contribution is 1.27. The number of benzene rings is 9. The summed E-state index contributed by atoms with van der Waals surface area (Å²) >= 11 is 5.73. The van der Waals surface area contributed by atoms with E-state index < -0.39 is 0 Å². The summed E-state index contributed by atoms with van der Waals surface area (Å²) in [5, 5.41) is 13.2. The van der Waals surface area contributed by atoms with Gasteiger partial charge in [-0.2, -0.15) is 0 Å². The fourth-order valence-electron chi connectivity index (χ4n) is 10.8. The highest BCUT2D eigenvalue weighted by Gasteiger charge is 2.44. The Bertz CT molecular complexity index is 4010. The zero-order valence-electron chi connectivity index (χ0n) is 30.8. The third kappa shape index (κ3) is 3.71. The van der Waals surface area contributed by atoms with Crippen LogP contribution in [-0.2, 0) is 0 Å². The van der Waals surface area contributed by atoms with Crippen molar-refractivity contribution in [2.24, 2.45) is 0 Å². The highest BCUT2D eigenvalue weighted by atomic mass is 32.1. The van der Waals surface area contributed by atoms with Crippen LogP contribution in [0.3, 0.4) is 0 Å². The van der Waals surface area contributed by atoms with Crippen molar-refractivity contribution in [3.8, 4) is 11.1 Å². The molecule has 0 atom stereocenters. The summed E-state index contributed by atoms with van der Waals surface area (Å²) in [4.78, 5) is 2.63. The van der Waals surface area contributed by atoms with Gasteiger partial charge in [0.15, 0.2) is 0 Å². The first-order chi connectivity index (χ1) is 28.8. The lowest BCUT2D eigenvalue weighted by Crippen LogP contribution is -2.56. The molecule has 15 rings (SSSR count). The molecular weight excluding hydrogens is 760 g/mol. The van der Waals surface area contributed by atoms with E-state index in [1.807, 2.05) is 34.0 Å². The minimum absolute atomic E-state index is 0.0414. The number of rotatable bonds is 1. The number of anilines is 3. The SMILES string of the molecule is c1ccc2c(c1)ccc1c3cccc4c3n(c21)B1c2cc3sc5ccccc5c3cc2N(c2ccc3sc5ccccc5c3c2)c2cc3sc5ccccc5c3c-4c21. The first kappa shape index (κ1) is 30.7. The van der Waals surface area contributed by atoms with Crippen LogP contribution in [-0.4, -0.2) is 11.3 Å². The quantitative estimate of drug-likeness (QED) is 0.151. The van der Waals surface area contributed by atoms with Gasteiger partial charge in [-0.1, -0.05) is 109 Å². The van der Waals surface area contributed by atoms with E-state index in [0.717, 1.165) is 0 Å². The first-order valence-electron chi connectivity index (χ1n) is 19.9. The van der Waals surface area contributed by atoms with Crippen molar-refractivity contribution < 1.29 is 0 Å². The summed E-state index contributed by atoms with van der Waals surface area (Å²) in [7, 11) is 0. The lowest BCUT2D eigenvalue weighted by atomic mass is 9.45. The molecule has 9 aromatic carbocycles. The van der Waals surface area contributed by atoms with Crippen molar-refractivity contribution in [1.29, 1.82) is 0 Å². The number of hydrogen-bond acceptors (Lipinski definition) is 4. The third-order valence-electron chi connectivity index (χ3n) is 13.1. The maximum absolute atomic E-state index is 2.75. The Balaban J connectivity index is 1.18. The second kappa shape index (κ2) is 10.7. The Morgan fingerprint density at radius 3 is 1.86 bits per heavy atom. The molecule has 0 amide bonds. The van der Waals surface area contributed by atoms with Crippen molar-refractivity contribution in [3.05, 3.63) is 164 Å². The van der Waals surface area contributed by atoms with E-state index in [-0.39, 0.29) is 6.85 Å². The molecule has 266 valence electrons. The summed E-state index contributed by atoms with van der Waals surface area (Å²) in [6, 6.07) is 62.4. The third-order valence-corrected chi connectivity index (χ3v) is 16.5. The molecule has 2 nitrogen and oxygen atoms in total. The molecule has 0 bridgehead atoms. The second-order valence-corrected chi connectivity index (χ2v) is 19.2. The van der Waals surface area contributed by atoms with E-state index in [1.165, 1.54) is 132 Å². The van der Waals surface area contributed by atoms with Gasteiger partial charge >= 0.3 is 6.85 Å². The predicted octanol–water partition coefficient (Wildman–Crippen LogP) is 14.5.